The fourth-order valence-corrected chi connectivity index (χ4v) is 4.22. The second kappa shape index (κ2) is 5.40. The van der Waals surface area contributed by atoms with Crippen LogP contribution in [0.1, 0.15) is 46.4 Å². The molecule has 1 heterocycles. The van der Waals surface area contributed by atoms with Crippen LogP contribution < -0.4 is 0 Å². The highest BCUT2D eigenvalue weighted by molar-refractivity contribution is 6.20. The van der Waals surface area contributed by atoms with Crippen LogP contribution in [-0.4, -0.2) is 35.9 Å². The Morgan fingerprint density at radius 2 is 1.44 bits per heavy atom. The number of amides is 2. The first-order valence-electron chi connectivity index (χ1n) is 8.21. The lowest BCUT2D eigenvalue weighted by Gasteiger charge is -2.55. The van der Waals surface area contributed by atoms with Gasteiger partial charge in [-0.3, -0.25) is 14.4 Å². The number of rotatable bonds is 3. The number of benzene rings is 1. The zero-order chi connectivity index (χ0) is 17.8. The molecule has 0 radical (unpaired) electrons. The summed E-state index contributed by atoms with van der Waals surface area (Å²) >= 11 is 0. The molecule has 0 atom stereocenters. The topological polar surface area (TPSA) is 90.0 Å². The second-order valence-corrected chi connectivity index (χ2v) is 7.09. The first kappa shape index (κ1) is 15.8. The molecule has 0 bridgehead atoms. The Labute approximate surface area is 143 Å². The van der Waals surface area contributed by atoms with Crippen molar-refractivity contribution in [2.75, 3.05) is 7.11 Å². The van der Waals surface area contributed by atoms with Gasteiger partial charge in [0.25, 0.3) is 11.8 Å². The second-order valence-electron chi connectivity index (χ2n) is 7.09. The average molecular weight is 343 g/mol. The number of carbonyl (C=O) groups excluding carboxylic acids is 4. The van der Waals surface area contributed by atoms with Crippen molar-refractivity contribution in [3.05, 3.63) is 35.4 Å². The van der Waals surface area contributed by atoms with Crippen LogP contribution in [0.15, 0.2) is 24.3 Å². The Bertz CT molecular complexity index is 752. The van der Waals surface area contributed by atoms with Gasteiger partial charge in [0.05, 0.1) is 30.1 Å². The zero-order valence-corrected chi connectivity index (χ0v) is 13.7. The summed E-state index contributed by atoms with van der Waals surface area (Å²) in [5.74, 6) is -2.43. The average Bonchev–Trinajstić information content (AvgIpc) is 2.77. The molecule has 1 aromatic carbocycles. The third-order valence-corrected chi connectivity index (χ3v) is 5.52. The maximum atomic E-state index is 12.3. The van der Waals surface area contributed by atoms with E-state index in [4.69, 9.17) is 9.57 Å². The summed E-state index contributed by atoms with van der Waals surface area (Å²) < 4.78 is 4.72. The number of imide groups is 1. The number of hydrogen-bond donors (Lipinski definition) is 0. The van der Waals surface area contributed by atoms with Crippen molar-refractivity contribution >= 4 is 23.8 Å². The van der Waals surface area contributed by atoms with E-state index in [9.17, 15) is 19.2 Å². The molecule has 0 saturated heterocycles. The number of ether oxygens (including phenoxy) is 1. The number of hydroxylamine groups is 2. The van der Waals surface area contributed by atoms with Gasteiger partial charge < -0.3 is 9.57 Å². The minimum Gasteiger partial charge on any atom is -0.469 e. The fraction of sp³-hybridized carbons (Fsp3) is 0.444. The van der Waals surface area contributed by atoms with Crippen LogP contribution in [0.4, 0.5) is 0 Å². The molecule has 7 heteroatoms. The molecular formula is C18H17NO6. The monoisotopic (exact) mass is 343 g/mol. The lowest BCUT2D eigenvalue weighted by atomic mass is 9.48. The van der Waals surface area contributed by atoms with E-state index in [2.05, 4.69) is 0 Å². The van der Waals surface area contributed by atoms with Gasteiger partial charge in [0.2, 0.25) is 0 Å². The van der Waals surface area contributed by atoms with Crippen LogP contribution in [-0.2, 0) is 19.2 Å². The third-order valence-electron chi connectivity index (χ3n) is 5.52. The maximum absolute atomic E-state index is 12.3. The van der Waals surface area contributed by atoms with Gasteiger partial charge >= 0.3 is 11.9 Å². The molecule has 130 valence electrons. The number of methoxy groups -OCH3 is 1. The molecule has 2 amide bonds. The van der Waals surface area contributed by atoms with Crippen LogP contribution in [0.2, 0.25) is 0 Å². The van der Waals surface area contributed by atoms with E-state index in [1.165, 1.54) is 19.2 Å². The first-order valence-corrected chi connectivity index (χ1v) is 8.21. The van der Waals surface area contributed by atoms with Crippen LogP contribution in [0.5, 0.6) is 0 Å². The molecule has 0 N–H and O–H groups in total. The van der Waals surface area contributed by atoms with Gasteiger partial charge in [0, 0.05) is 0 Å². The SMILES string of the molecule is COC(=O)C1CC2(C1)CC(C(=O)ON1C(=O)c3ccccc3C1=O)C2. The van der Waals surface area contributed by atoms with E-state index in [-0.39, 0.29) is 34.3 Å². The lowest BCUT2D eigenvalue weighted by Crippen LogP contribution is -2.53. The summed E-state index contributed by atoms with van der Waals surface area (Å²) in [5, 5.41) is 0.552. The van der Waals surface area contributed by atoms with E-state index < -0.39 is 17.8 Å². The Kier molecular flexibility index (Phi) is 3.42. The summed E-state index contributed by atoms with van der Waals surface area (Å²) in [5.41, 5.74) is 0.487. The van der Waals surface area contributed by atoms with Crippen molar-refractivity contribution in [1.29, 1.82) is 0 Å². The standard InChI is InChI=1S/C18H17NO6/c1-24-16(22)10-6-18(7-10)8-11(9-18)17(23)25-19-14(20)12-4-2-3-5-13(12)15(19)21/h2-5,10-11H,6-9H2,1H3. The lowest BCUT2D eigenvalue weighted by molar-refractivity contribution is -0.190. The number of carbonyl (C=O) groups is 4. The minimum absolute atomic E-state index is 0.00450. The van der Waals surface area contributed by atoms with Gasteiger partial charge in [-0.1, -0.05) is 17.2 Å². The summed E-state index contributed by atoms with van der Waals surface area (Å²) in [6.07, 6.45) is 2.66. The summed E-state index contributed by atoms with van der Waals surface area (Å²) in [7, 11) is 1.37. The van der Waals surface area contributed by atoms with Crippen LogP contribution in [0.3, 0.4) is 0 Å². The van der Waals surface area contributed by atoms with Gasteiger partial charge in [0.1, 0.15) is 0 Å². The highest BCUT2D eigenvalue weighted by atomic mass is 16.7. The van der Waals surface area contributed by atoms with Crippen LogP contribution in [0, 0.1) is 17.3 Å². The Hall–Kier alpha value is -2.70. The zero-order valence-electron chi connectivity index (χ0n) is 13.7. The smallest absolute Gasteiger partial charge is 0.336 e. The maximum Gasteiger partial charge on any atom is 0.336 e. The predicted octanol–water partition coefficient (Wildman–Crippen LogP) is 1.72. The molecule has 0 aromatic heterocycles. The molecule has 4 rings (SSSR count). The van der Waals surface area contributed by atoms with Gasteiger partial charge in [-0.2, -0.15) is 0 Å². The van der Waals surface area contributed by atoms with Crippen molar-refractivity contribution in [3.8, 4) is 0 Å². The van der Waals surface area contributed by atoms with E-state index in [1.807, 2.05) is 0 Å². The van der Waals surface area contributed by atoms with E-state index >= 15 is 0 Å². The summed E-state index contributed by atoms with van der Waals surface area (Å²) in [6, 6.07) is 6.37. The van der Waals surface area contributed by atoms with Crippen molar-refractivity contribution in [1.82, 2.24) is 5.06 Å². The molecule has 2 aliphatic carbocycles. The molecular weight excluding hydrogens is 326 g/mol. The molecule has 2 fully saturated rings. The molecule has 25 heavy (non-hydrogen) atoms. The number of esters is 1. The summed E-state index contributed by atoms with van der Waals surface area (Å²) in [6.45, 7) is 0. The fourth-order valence-electron chi connectivity index (χ4n) is 4.22. The van der Waals surface area contributed by atoms with Crippen molar-refractivity contribution in [2.45, 2.75) is 25.7 Å². The van der Waals surface area contributed by atoms with Crippen LogP contribution in [0.25, 0.3) is 0 Å². The first-order chi connectivity index (χ1) is 11.9. The van der Waals surface area contributed by atoms with Gasteiger partial charge in [-0.05, 0) is 43.2 Å². The molecule has 3 aliphatic rings. The van der Waals surface area contributed by atoms with E-state index in [1.54, 1.807) is 12.1 Å². The molecule has 0 unspecified atom stereocenters. The van der Waals surface area contributed by atoms with Crippen molar-refractivity contribution < 1.29 is 28.8 Å². The van der Waals surface area contributed by atoms with E-state index in [0.717, 1.165) is 12.8 Å². The number of hydrogen-bond acceptors (Lipinski definition) is 6. The minimum atomic E-state index is -0.614. The normalized spacial score (nSPS) is 29.7. The molecule has 1 spiro atoms. The number of nitrogens with zero attached hydrogens (tertiary/aromatic N) is 1. The van der Waals surface area contributed by atoms with Gasteiger partial charge in [0.15, 0.2) is 0 Å². The Morgan fingerprint density at radius 1 is 0.960 bits per heavy atom. The Morgan fingerprint density at radius 3 is 1.92 bits per heavy atom. The van der Waals surface area contributed by atoms with Gasteiger partial charge in [-0.25, -0.2) is 4.79 Å². The van der Waals surface area contributed by atoms with E-state index in [0.29, 0.717) is 17.9 Å². The van der Waals surface area contributed by atoms with Crippen molar-refractivity contribution in [2.24, 2.45) is 17.3 Å². The van der Waals surface area contributed by atoms with Crippen molar-refractivity contribution in [3.63, 3.8) is 0 Å². The molecule has 1 aliphatic heterocycles. The van der Waals surface area contributed by atoms with Crippen LogP contribution >= 0.6 is 0 Å². The predicted molar refractivity (Wildman–Crippen MR) is 82.9 cm³/mol. The Balaban J connectivity index is 1.34. The highest BCUT2D eigenvalue weighted by Crippen LogP contribution is 2.61. The molecule has 1 aromatic rings. The third kappa shape index (κ3) is 2.33. The molecule has 7 nitrogen and oxygen atoms in total. The summed E-state index contributed by atoms with van der Waals surface area (Å²) in [4.78, 5) is 53.2. The number of fused-ring (bicyclic) bond motifs is 1. The quantitative estimate of drug-likeness (QED) is 0.613. The molecule has 2 saturated carbocycles. The van der Waals surface area contributed by atoms with Gasteiger partial charge in [-0.15, -0.1) is 0 Å². The highest BCUT2D eigenvalue weighted by Gasteiger charge is 2.58. The largest absolute Gasteiger partial charge is 0.469 e.